The van der Waals surface area contributed by atoms with E-state index < -0.39 is 17.7 Å². The average molecular weight is 650 g/mol. The summed E-state index contributed by atoms with van der Waals surface area (Å²) < 4.78 is 17.9. The highest BCUT2D eigenvalue weighted by Crippen LogP contribution is 2.45. The summed E-state index contributed by atoms with van der Waals surface area (Å²) in [6.45, 7) is 3.39. The van der Waals surface area contributed by atoms with Crippen molar-refractivity contribution in [2.24, 2.45) is 0 Å². The molecule has 1 amide bonds. The van der Waals surface area contributed by atoms with Crippen molar-refractivity contribution in [3.8, 4) is 17.2 Å². The van der Waals surface area contributed by atoms with E-state index in [1.807, 2.05) is 30.3 Å². The summed E-state index contributed by atoms with van der Waals surface area (Å²) in [7, 11) is 0. The zero-order valence-corrected chi connectivity index (χ0v) is 26.1. The number of unbranched alkanes of at least 4 members (excludes halogenated alkanes) is 1. The topological polar surface area (TPSA) is 111 Å². The fourth-order valence-electron chi connectivity index (χ4n) is 4.88. The first-order valence-corrected chi connectivity index (χ1v) is 16.3. The number of anilines is 1. The van der Waals surface area contributed by atoms with Gasteiger partial charge in [0.25, 0.3) is 5.78 Å². The molecule has 1 N–H and O–H groups in total. The zero-order valence-electron chi connectivity index (χ0n) is 23.7. The highest BCUT2D eigenvalue weighted by molar-refractivity contribution is 8.00. The Morgan fingerprint density at radius 3 is 2.66 bits per heavy atom. The number of benzene rings is 3. The van der Waals surface area contributed by atoms with Gasteiger partial charge in [0.2, 0.25) is 5.13 Å². The van der Waals surface area contributed by atoms with Gasteiger partial charge in [-0.1, -0.05) is 72.3 Å². The molecule has 2 aliphatic rings. The molecule has 3 aromatic carbocycles. The number of amides is 1. The van der Waals surface area contributed by atoms with Crippen LogP contribution in [0.1, 0.15) is 42.5 Å². The van der Waals surface area contributed by atoms with Gasteiger partial charge in [-0.2, -0.15) is 0 Å². The number of carbonyl (C=O) groups excluding carboxylic acids is 2. The fraction of sp³-hybridized carbons (Fsp3) is 0.250. The lowest BCUT2D eigenvalue weighted by Gasteiger charge is -2.23. The van der Waals surface area contributed by atoms with E-state index in [0.29, 0.717) is 63.3 Å². The fourth-order valence-corrected chi connectivity index (χ4v) is 6.83. The minimum absolute atomic E-state index is 0.0667. The first-order valence-electron chi connectivity index (χ1n) is 14.1. The van der Waals surface area contributed by atoms with E-state index in [4.69, 9.17) is 25.8 Å². The second-order valence-corrected chi connectivity index (χ2v) is 12.7. The van der Waals surface area contributed by atoms with Gasteiger partial charge < -0.3 is 19.3 Å². The molecule has 0 radical (unpaired) electrons. The number of hydrogen-bond acceptors (Lipinski definition) is 10. The number of carbonyl (C=O) groups is 2. The highest BCUT2D eigenvalue weighted by atomic mass is 35.5. The van der Waals surface area contributed by atoms with Crippen LogP contribution >= 0.6 is 34.7 Å². The van der Waals surface area contributed by atoms with Crippen molar-refractivity contribution in [3.05, 3.63) is 94.0 Å². The van der Waals surface area contributed by atoms with Crippen molar-refractivity contribution < 1.29 is 28.9 Å². The number of ether oxygens (including phenoxy) is 3. The SMILES string of the molecule is CCCCOc1cccc(C2C(=C(O)c3ccc4c(c3)OCCO4)C(=O)C(=O)N2c2nnc(SCc3ccc(Cl)cc3)s2)c1. The van der Waals surface area contributed by atoms with Gasteiger partial charge in [0.1, 0.15) is 24.7 Å². The van der Waals surface area contributed by atoms with Crippen LogP contribution in [-0.2, 0) is 15.3 Å². The molecule has 12 heteroatoms. The lowest BCUT2D eigenvalue weighted by molar-refractivity contribution is -0.132. The molecule has 1 aromatic heterocycles. The quantitative estimate of drug-likeness (QED) is 0.0482. The van der Waals surface area contributed by atoms with Gasteiger partial charge in [0.05, 0.1) is 18.2 Å². The third kappa shape index (κ3) is 6.26. The van der Waals surface area contributed by atoms with Crippen LogP contribution in [0.5, 0.6) is 17.2 Å². The standard InChI is InChI=1S/C32H28ClN3O6S2/c1-2-3-13-40-23-6-4-5-20(16-23)27-26(28(37)21-9-12-24-25(17-21)42-15-14-41-24)29(38)30(39)36(27)31-34-35-32(44-31)43-18-19-7-10-22(33)11-8-19/h4-12,16-17,27,37H,2-3,13-15,18H2,1H3. The summed E-state index contributed by atoms with van der Waals surface area (Å²) in [5, 5.41) is 21.1. The first-order chi connectivity index (χ1) is 21.4. The molecule has 226 valence electrons. The molecular formula is C32H28ClN3O6S2. The van der Waals surface area contributed by atoms with Gasteiger partial charge in [0, 0.05) is 16.3 Å². The maximum atomic E-state index is 13.7. The predicted octanol–water partition coefficient (Wildman–Crippen LogP) is 7.06. The lowest BCUT2D eigenvalue weighted by Crippen LogP contribution is -2.29. The van der Waals surface area contributed by atoms with E-state index in [0.717, 1.165) is 18.4 Å². The molecule has 1 atom stereocenters. The maximum Gasteiger partial charge on any atom is 0.301 e. The third-order valence-electron chi connectivity index (χ3n) is 7.08. The van der Waals surface area contributed by atoms with E-state index in [2.05, 4.69) is 17.1 Å². The van der Waals surface area contributed by atoms with Crippen LogP contribution in [-0.4, -0.2) is 46.8 Å². The monoisotopic (exact) mass is 649 g/mol. The van der Waals surface area contributed by atoms with Crippen molar-refractivity contribution in [1.29, 1.82) is 0 Å². The number of fused-ring (bicyclic) bond motifs is 1. The third-order valence-corrected chi connectivity index (χ3v) is 9.46. The van der Waals surface area contributed by atoms with Crippen LogP contribution < -0.4 is 19.1 Å². The maximum absolute atomic E-state index is 13.7. The Labute approximate surface area is 267 Å². The van der Waals surface area contributed by atoms with Crippen molar-refractivity contribution in [3.63, 3.8) is 0 Å². The highest BCUT2D eigenvalue weighted by Gasteiger charge is 2.48. The Bertz CT molecular complexity index is 1730. The lowest BCUT2D eigenvalue weighted by atomic mass is 9.95. The molecule has 1 fully saturated rings. The number of aliphatic hydroxyl groups is 1. The van der Waals surface area contributed by atoms with Gasteiger partial charge in [-0.3, -0.25) is 14.5 Å². The predicted molar refractivity (Wildman–Crippen MR) is 170 cm³/mol. The minimum Gasteiger partial charge on any atom is -0.507 e. The normalized spacial score (nSPS) is 17.2. The Balaban J connectivity index is 1.38. The summed E-state index contributed by atoms with van der Waals surface area (Å²) in [4.78, 5) is 28.6. The Morgan fingerprint density at radius 1 is 1.07 bits per heavy atom. The largest absolute Gasteiger partial charge is 0.507 e. The van der Waals surface area contributed by atoms with Crippen LogP contribution in [0.2, 0.25) is 5.02 Å². The number of halogens is 1. The number of thioether (sulfide) groups is 1. The average Bonchev–Trinajstić information content (AvgIpc) is 3.62. The van der Waals surface area contributed by atoms with Crippen molar-refractivity contribution in [1.82, 2.24) is 10.2 Å². The molecular weight excluding hydrogens is 622 g/mol. The molecule has 1 unspecified atom stereocenters. The molecule has 4 aromatic rings. The minimum atomic E-state index is -0.972. The van der Waals surface area contributed by atoms with Crippen LogP contribution in [0.4, 0.5) is 5.13 Å². The first kappa shape index (κ1) is 30.0. The number of aromatic nitrogens is 2. The number of nitrogens with zero attached hydrogens (tertiary/aromatic N) is 3. The smallest absolute Gasteiger partial charge is 0.301 e. The van der Waals surface area contributed by atoms with Gasteiger partial charge in [-0.05, 0) is 60.0 Å². The number of ketones is 1. The molecule has 44 heavy (non-hydrogen) atoms. The van der Waals surface area contributed by atoms with Gasteiger partial charge in [-0.15, -0.1) is 10.2 Å². The van der Waals surface area contributed by atoms with Crippen LogP contribution in [0.15, 0.2) is 76.6 Å². The molecule has 0 spiro atoms. The molecule has 0 bridgehead atoms. The summed E-state index contributed by atoms with van der Waals surface area (Å²) >= 11 is 8.67. The van der Waals surface area contributed by atoms with Crippen molar-refractivity contribution in [2.75, 3.05) is 24.7 Å². The van der Waals surface area contributed by atoms with E-state index in [1.165, 1.54) is 28.0 Å². The molecule has 0 aliphatic carbocycles. The van der Waals surface area contributed by atoms with Crippen molar-refractivity contribution >= 4 is 57.3 Å². The van der Waals surface area contributed by atoms with E-state index >= 15 is 0 Å². The number of rotatable bonds is 10. The van der Waals surface area contributed by atoms with Gasteiger partial charge in [-0.25, -0.2) is 0 Å². The van der Waals surface area contributed by atoms with E-state index in [-0.39, 0.29) is 16.5 Å². The van der Waals surface area contributed by atoms with Crippen LogP contribution in [0.25, 0.3) is 5.76 Å². The molecule has 9 nitrogen and oxygen atoms in total. The summed E-state index contributed by atoms with van der Waals surface area (Å²) in [5.41, 5.74) is 1.89. The van der Waals surface area contributed by atoms with E-state index in [9.17, 15) is 14.7 Å². The van der Waals surface area contributed by atoms with Crippen molar-refractivity contribution in [2.45, 2.75) is 35.9 Å². The van der Waals surface area contributed by atoms with Crippen LogP contribution in [0, 0.1) is 0 Å². The molecule has 2 aliphatic heterocycles. The summed E-state index contributed by atoms with van der Waals surface area (Å²) in [6, 6.07) is 18.7. The van der Waals surface area contributed by atoms with Crippen LogP contribution in [0.3, 0.4) is 0 Å². The Kier molecular flexibility index (Phi) is 9.06. The molecule has 0 saturated carbocycles. The summed E-state index contributed by atoms with van der Waals surface area (Å²) in [5.74, 6) is 0.240. The number of aliphatic hydroxyl groups excluding tert-OH is 1. The van der Waals surface area contributed by atoms with Gasteiger partial charge in [0.15, 0.2) is 15.8 Å². The van der Waals surface area contributed by atoms with E-state index in [1.54, 1.807) is 36.4 Å². The second kappa shape index (κ2) is 13.3. The Morgan fingerprint density at radius 2 is 1.86 bits per heavy atom. The Hall–Kier alpha value is -4.06. The second-order valence-electron chi connectivity index (χ2n) is 10.1. The zero-order chi connectivity index (χ0) is 30.6. The number of hydrogen-bond donors (Lipinski definition) is 1. The summed E-state index contributed by atoms with van der Waals surface area (Å²) in [6.07, 6.45) is 1.86. The van der Waals surface area contributed by atoms with Gasteiger partial charge >= 0.3 is 5.91 Å². The number of Topliss-reactive ketones (excluding diaryl/α,β-unsaturated/α-hetero) is 1. The molecule has 1 saturated heterocycles. The molecule has 6 rings (SSSR count). The molecule has 3 heterocycles.